The van der Waals surface area contributed by atoms with Gasteiger partial charge in [-0.3, -0.25) is 9.78 Å². The summed E-state index contributed by atoms with van der Waals surface area (Å²) in [6.07, 6.45) is 5.93. The number of benzene rings is 1. The van der Waals surface area contributed by atoms with E-state index in [0.717, 1.165) is 22.2 Å². The van der Waals surface area contributed by atoms with Crippen LogP contribution in [-0.2, 0) is 10.0 Å². The van der Waals surface area contributed by atoms with Crippen molar-refractivity contribution in [3.63, 3.8) is 0 Å². The average molecular weight is 439 g/mol. The molecule has 0 bridgehead atoms. The number of pyridine rings is 2. The van der Waals surface area contributed by atoms with Crippen LogP contribution in [-0.4, -0.2) is 65.4 Å². The van der Waals surface area contributed by atoms with Crippen LogP contribution < -0.4 is 0 Å². The molecule has 1 saturated heterocycles. The number of sulfonamides is 1. The predicted octanol–water partition coefficient (Wildman–Crippen LogP) is 3.18. The smallest absolute Gasteiger partial charge is 0.254 e. The fourth-order valence-electron chi connectivity index (χ4n) is 4.31. The van der Waals surface area contributed by atoms with Crippen LogP contribution in [0, 0.1) is 0 Å². The van der Waals surface area contributed by atoms with Gasteiger partial charge in [-0.2, -0.15) is 4.31 Å². The Morgan fingerprint density at radius 1 is 1.13 bits per heavy atom. The van der Waals surface area contributed by atoms with Gasteiger partial charge in [-0.25, -0.2) is 13.4 Å². The topological polar surface area (TPSA) is 83.5 Å². The molecular weight excluding hydrogens is 412 g/mol. The van der Waals surface area contributed by atoms with E-state index in [1.165, 1.54) is 10.6 Å². The highest BCUT2D eigenvalue weighted by Crippen LogP contribution is 2.27. The fraction of sp³-hybridized carbons (Fsp3) is 0.348. The molecule has 1 fully saturated rings. The first-order valence-electron chi connectivity index (χ1n) is 10.4. The zero-order valence-electron chi connectivity index (χ0n) is 17.7. The number of para-hydroxylation sites is 1. The van der Waals surface area contributed by atoms with Crippen LogP contribution in [0.25, 0.3) is 22.2 Å². The second kappa shape index (κ2) is 8.72. The van der Waals surface area contributed by atoms with Crippen LogP contribution in [0.3, 0.4) is 0 Å². The maximum Gasteiger partial charge on any atom is 0.254 e. The van der Waals surface area contributed by atoms with Gasteiger partial charge in [-0.1, -0.05) is 25.1 Å². The van der Waals surface area contributed by atoms with Gasteiger partial charge in [0, 0.05) is 49.0 Å². The minimum atomic E-state index is -3.25. The lowest BCUT2D eigenvalue weighted by Gasteiger charge is -2.37. The fourth-order valence-corrected chi connectivity index (χ4v) is 5.54. The van der Waals surface area contributed by atoms with Gasteiger partial charge in [0.25, 0.3) is 5.91 Å². The quantitative estimate of drug-likeness (QED) is 0.611. The van der Waals surface area contributed by atoms with Crippen molar-refractivity contribution < 1.29 is 13.2 Å². The summed E-state index contributed by atoms with van der Waals surface area (Å²) in [5.74, 6) is -0.0465. The number of rotatable bonds is 5. The molecule has 0 radical (unpaired) electrons. The van der Waals surface area contributed by atoms with E-state index < -0.39 is 10.0 Å². The Morgan fingerprint density at radius 2 is 1.81 bits per heavy atom. The Kier molecular flexibility index (Phi) is 6.02. The number of nitrogens with zero attached hydrogens (tertiary/aromatic N) is 4. The first kappa shape index (κ1) is 21.4. The van der Waals surface area contributed by atoms with E-state index in [1.54, 1.807) is 12.4 Å². The molecule has 8 heteroatoms. The van der Waals surface area contributed by atoms with E-state index in [2.05, 4.69) is 4.98 Å². The highest BCUT2D eigenvalue weighted by molar-refractivity contribution is 7.88. The number of carbonyl (C=O) groups is 1. The van der Waals surface area contributed by atoms with Crippen molar-refractivity contribution >= 4 is 26.8 Å². The van der Waals surface area contributed by atoms with Gasteiger partial charge in [0.15, 0.2) is 0 Å². The standard InChI is InChI=1S/C23H26N4O3S/c1-3-27(31(2,29)30)18-10-14-26(15-11-18)23(28)20-16-22(17-8-12-24-13-9-17)25-21-7-5-4-6-19(20)21/h4-9,12-13,16,18H,3,10-11,14-15H2,1-2H3. The molecule has 0 atom stereocenters. The molecule has 0 unspecified atom stereocenters. The molecular formula is C23H26N4O3S. The zero-order valence-corrected chi connectivity index (χ0v) is 18.5. The first-order valence-corrected chi connectivity index (χ1v) is 12.3. The van der Waals surface area contributed by atoms with E-state index in [4.69, 9.17) is 4.98 Å². The van der Waals surface area contributed by atoms with Crippen LogP contribution in [0.2, 0.25) is 0 Å². The summed E-state index contributed by atoms with van der Waals surface area (Å²) in [6, 6.07) is 13.2. The Balaban J connectivity index is 1.63. The lowest BCUT2D eigenvalue weighted by molar-refractivity contribution is 0.0682. The molecule has 0 aliphatic carbocycles. The predicted molar refractivity (Wildman–Crippen MR) is 121 cm³/mol. The number of aromatic nitrogens is 2. The Morgan fingerprint density at radius 3 is 2.45 bits per heavy atom. The Labute approximate surface area is 182 Å². The van der Waals surface area contributed by atoms with Crippen molar-refractivity contribution in [2.75, 3.05) is 25.9 Å². The molecule has 4 rings (SSSR count). The largest absolute Gasteiger partial charge is 0.339 e. The van der Waals surface area contributed by atoms with Gasteiger partial charge in [0.05, 0.1) is 23.0 Å². The van der Waals surface area contributed by atoms with Gasteiger partial charge >= 0.3 is 0 Å². The maximum absolute atomic E-state index is 13.5. The second-order valence-corrected chi connectivity index (χ2v) is 9.73. The maximum atomic E-state index is 13.5. The lowest BCUT2D eigenvalue weighted by atomic mass is 10.0. The van der Waals surface area contributed by atoms with Crippen LogP contribution >= 0.6 is 0 Å². The normalized spacial score (nSPS) is 15.5. The molecule has 1 aromatic carbocycles. The minimum Gasteiger partial charge on any atom is -0.339 e. The first-order chi connectivity index (χ1) is 14.9. The van der Waals surface area contributed by atoms with Gasteiger partial charge in [0.2, 0.25) is 10.0 Å². The summed E-state index contributed by atoms with van der Waals surface area (Å²) in [4.78, 5) is 24.1. The van der Waals surface area contributed by atoms with Gasteiger partial charge < -0.3 is 4.90 Å². The van der Waals surface area contributed by atoms with Crippen molar-refractivity contribution in [2.45, 2.75) is 25.8 Å². The molecule has 2 aromatic heterocycles. The minimum absolute atomic E-state index is 0.0465. The summed E-state index contributed by atoms with van der Waals surface area (Å²) in [6.45, 7) is 3.34. The molecule has 31 heavy (non-hydrogen) atoms. The third-order valence-corrected chi connectivity index (χ3v) is 7.23. The molecule has 1 amide bonds. The monoisotopic (exact) mass is 438 g/mol. The van der Waals surface area contributed by atoms with Crippen molar-refractivity contribution in [3.8, 4) is 11.3 Å². The zero-order chi connectivity index (χ0) is 22.0. The van der Waals surface area contributed by atoms with Gasteiger partial charge in [0.1, 0.15) is 0 Å². The second-order valence-electron chi connectivity index (χ2n) is 7.80. The molecule has 0 saturated carbocycles. The molecule has 3 heterocycles. The van der Waals surface area contributed by atoms with Crippen molar-refractivity contribution in [1.82, 2.24) is 19.2 Å². The number of amides is 1. The third kappa shape index (κ3) is 4.45. The third-order valence-electron chi connectivity index (χ3n) is 5.82. The molecule has 162 valence electrons. The number of likely N-dealkylation sites (tertiary alicyclic amines) is 1. The van der Waals surface area contributed by atoms with Crippen LogP contribution in [0.1, 0.15) is 30.1 Å². The summed E-state index contributed by atoms with van der Waals surface area (Å²) < 4.78 is 25.6. The number of hydrogen-bond donors (Lipinski definition) is 0. The van der Waals surface area contributed by atoms with Crippen LogP contribution in [0.4, 0.5) is 0 Å². The molecule has 0 spiro atoms. The SMILES string of the molecule is CCN(C1CCN(C(=O)c2cc(-c3ccncc3)nc3ccccc23)CC1)S(C)(=O)=O. The highest BCUT2D eigenvalue weighted by Gasteiger charge is 2.31. The van der Waals surface area contributed by atoms with Crippen molar-refractivity contribution in [1.29, 1.82) is 0 Å². The number of carbonyl (C=O) groups excluding carboxylic acids is 1. The van der Waals surface area contributed by atoms with E-state index >= 15 is 0 Å². The van der Waals surface area contributed by atoms with E-state index in [9.17, 15) is 13.2 Å². The molecule has 7 nitrogen and oxygen atoms in total. The molecule has 1 aliphatic heterocycles. The Hall–Kier alpha value is -2.84. The molecule has 3 aromatic rings. The van der Waals surface area contributed by atoms with Crippen LogP contribution in [0.5, 0.6) is 0 Å². The van der Waals surface area contributed by atoms with E-state index in [0.29, 0.717) is 38.0 Å². The van der Waals surface area contributed by atoms with Gasteiger partial charge in [-0.05, 0) is 37.1 Å². The molecule has 0 N–H and O–H groups in total. The lowest BCUT2D eigenvalue weighted by Crippen LogP contribution is -2.48. The van der Waals surface area contributed by atoms with Crippen LogP contribution in [0.15, 0.2) is 54.9 Å². The van der Waals surface area contributed by atoms with Crippen molar-refractivity contribution in [3.05, 3.63) is 60.4 Å². The highest BCUT2D eigenvalue weighted by atomic mass is 32.2. The summed E-state index contributed by atoms with van der Waals surface area (Å²) >= 11 is 0. The Bertz CT molecular complexity index is 1190. The van der Waals surface area contributed by atoms with Crippen molar-refractivity contribution in [2.24, 2.45) is 0 Å². The number of piperidine rings is 1. The van der Waals surface area contributed by atoms with E-state index in [-0.39, 0.29) is 11.9 Å². The summed E-state index contributed by atoms with van der Waals surface area (Å²) in [5, 5.41) is 0.818. The summed E-state index contributed by atoms with van der Waals surface area (Å²) in [7, 11) is -3.25. The molecule has 1 aliphatic rings. The number of fused-ring (bicyclic) bond motifs is 1. The van der Waals surface area contributed by atoms with Gasteiger partial charge in [-0.15, -0.1) is 0 Å². The van der Waals surface area contributed by atoms with E-state index in [1.807, 2.05) is 54.3 Å². The summed E-state index contributed by atoms with van der Waals surface area (Å²) in [5.41, 5.74) is 3.02. The number of hydrogen-bond acceptors (Lipinski definition) is 5. The average Bonchev–Trinajstić information content (AvgIpc) is 2.78.